The van der Waals surface area contributed by atoms with Gasteiger partial charge in [-0.15, -0.1) is 0 Å². The fraction of sp³-hybridized carbons (Fsp3) is 0.364. The first-order valence-corrected chi connectivity index (χ1v) is 9.52. The Kier molecular flexibility index (Phi) is 5.83. The van der Waals surface area contributed by atoms with Gasteiger partial charge in [0.25, 0.3) is 5.56 Å². The molecule has 150 valence electrons. The van der Waals surface area contributed by atoms with Crippen LogP contribution in [0.5, 0.6) is 0 Å². The number of nitriles is 1. The minimum absolute atomic E-state index is 0.0588. The number of aryl methyl sites for hydroxylation is 1. The van der Waals surface area contributed by atoms with Crippen LogP contribution in [0.3, 0.4) is 0 Å². The second-order valence-electron chi connectivity index (χ2n) is 7.11. The molecule has 0 saturated carbocycles. The van der Waals surface area contributed by atoms with Crippen LogP contribution < -0.4 is 10.5 Å². The average Bonchev–Trinajstić information content (AvgIpc) is 2.72. The Morgan fingerprint density at radius 2 is 2.07 bits per heavy atom. The topological polar surface area (TPSA) is 103 Å². The third kappa shape index (κ3) is 3.79. The molecule has 1 aliphatic rings. The van der Waals surface area contributed by atoms with Crippen molar-refractivity contribution in [3.63, 3.8) is 0 Å². The van der Waals surface area contributed by atoms with Gasteiger partial charge in [0, 0.05) is 24.3 Å². The van der Waals surface area contributed by atoms with E-state index < -0.39 is 11.5 Å². The molecule has 0 radical (unpaired) electrons. The van der Waals surface area contributed by atoms with E-state index in [1.54, 1.807) is 30.9 Å². The SMILES string of the molecule is COC(=O)c1cccc2c1CCCN2C(=O)CCc1c(C)[nH]c(=O)c(C#N)c1C. The lowest BCUT2D eigenvalue weighted by Gasteiger charge is -2.30. The number of anilines is 1. The van der Waals surface area contributed by atoms with Crippen LogP contribution >= 0.6 is 0 Å². The highest BCUT2D eigenvalue weighted by Gasteiger charge is 2.26. The fourth-order valence-corrected chi connectivity index (χ4v) is 3.97. The van der Waals surface area contributed by atoms with Crippen LogP contribution in [0.4, 0.5) is 5.69 Å². The van der Waals surface area contributed by atoms with Gasteiger partial charge < -0.3 is 14.6 Å². The van der Waals surface area contributed by atoms with Gasteiger partial charge in [0.2, 0.25) is 5.91 Å². The zero-order valence-electron chi connectivity index (χ0n) is 16.8. The Balaban J connectivity index is 1.85. The number of nitrogens with zero attached hydrogens (tertiary/aromatic N) is 2. The number of aromatic nitrogens is 1. The van der Waals surface area contributed by atoms with Crippen LogP contribution in [-0.4, -0.2) is 30.5 Å². The number of H-pyrrole nitrogens is 1. The van der Waals surface area contributed by atoms with Crippen molar-refractivity contribution in [1.82, 2.24) is 4.98 Å². The quantitative estimate of drug-likeness (QED) is 0.804. The first kappa shape index (κ1) is 20.3. The van der Waals surface area contributed by atoms with Gasteiger partial charge in [-0.3, -0.25) is 9.59 Å². The van der Waals surface area contributed by atoms with Gasteiger partial charge in [-0.1, -0.05) is 6.07 Å². The number of amides is 1. The third-order valence-corrected chi connectivity index (χ3v) is 5.47. The number of carbonyl (C=O) groups excluding carboxylic acids is 2. The standard InChI is InChI=1S/C22H23N3O4/c1-13-15(14(2)24-21(27)18(13)12-23)9-10-20(26)25-11-5-7-16-17(22(28)29-3)6-4-8-19(16)25/h4,6,8H,5,7,9-11H2,1-3H3,(H,24,27). The molecule has 7 heteroatoms. The summed E-state index contributed by atoms with van der Waals surface area (Å²) in [5.74, 6) is -0.462. The van der Waals surface area contributed by atoms with Gasteiger partial charge >= 0.3 is 5.97 Å². The molecule has 1 aromatic heterocycles. The summed E-state index contributed by atoms with van der Waals surface area (Å²) in [7, 11) is 1.35. The number of carbonyl (C=O) groups is 2. The number of methoxy groups -OCH3 is 1. The van der Waals surface area contributed by atoms with Crippen LogP contribution in [0, 0.1) is 25.2 Å². The van der Waals surface area contributed by atoms with E-state index >= 15 is 0 Å². The Bertz CT molecular complexity index is 1080. The summed E-state index contributed by atoms with van der Waals surface area (Å²) in [6.07, 6.45) is 2.14. The number of fused-ring (bicyclic) bond motifs is 1. The number of benzene rings is 1. The molecule has 3 rings (SSSR count). The van der Waals surface area contributed by atoms with Crippen LogP contribution in [0.15, 0.2) is 23.0 Å². The Morgan fingerprint density at radius 1 is 1.31 bits per heavy atom. The summed E-state index contributed by atoms with van der Waals surface area (Å²) in [4.78, 5) is 41.3. The van der Waals surface area contributed by atoms with E-state index in [9.17, 15) is 19.6 Å². The van der Waals surface area contributed by atoms with Crippen LogP contribution in [0.25, 0.3) is 0 Å². The maximum absolute atomic E-state index is 13.0. The molecule has 0 unspecified atom stereocenters. The predicted octanol–water partition coefficient (Wildman–Crippen LogP) is 2.56. The zero-order valence-corrected chi connectivity index (χ0v) is 16.8. The van der Waals surface area contributed by atoms with Gasteiger partial charge in [-0.05, 0) is 61.9 Å². The van der Waals surface area contributed by atoms with Crippen molar-refractivity contribution in [3.05, 3.63) is 62.1 Å². The summed E-state index contributed by atoms with van der Waals surface area (Å²) in [5, 5.41) is 9.21. The Hall–Kier alpha value is -3.40. The van der Waals surface area contributed by atoms with Gasteiger partial charge in [0.1, 0.15) is 11.6 Å². The highest BCUT2D eigenvalue weighted by molar-refractivity contribution is 5.98. The Morgan fingerprint density at radius 3 is 2.76 bits per heavy atom. The molecule has 1 aliphatic heterocycles. The number of ether oxygens (including phenoxy) is 1. The molecular formula is C22H23N3O4. The number of pyridine rings is 1. The number of esters is 1. The lowest BCUT2D eigenvalue weighted by molar-refractivity contribution is -0.118. The average molecular weight is 393 g/mol. The van der Waals surface area contributed by atoms with Crippen molar-refractivity contribution in [2.24, 2.45) is 0 Å². The molecule has 0 bridgehead atoms. The Labute approximate surface area is 168 Å². The third-order valence-electron chi connectivity index (χ3n) is 5.47. The van der Waals surface area contributed by atoms with E-state index in [4.69, 9.17) is 4.74 Å². The molecule has 0 aliphatic carbocycles. The molecular weight excluding hydrogens is 370 g/mol. The van der Waals surface area contributed by atoms with Crippen molar-refractivity contribution in [3.8, 4) is 6.07 Å². The number of aromatic amines is 1. The molecule has 0 atom stereocenters. The first-order valence-electron chi connectivity index (χ1n) is 9.52. The molecule has 7 nitrogen and oxygen atoms in total. The van der Waals surface area contributed by atoms with Crippen molar-refractivity contribution >= 4 is 17.6 Å². The molecule has 0 spiro atoms. The molecule has 1 N–H and O–H groups in total. The van der Waals surface area contributed by atoms with Crippen molar-refractivity contribution < 1.29 is 14.3 Å². The van der Waals surface area contributed by atoms with E-state index in [1.807, 2.05) is 12.1 Å². The van der Waals surface area contributed by atoms with Crippen molar-refractivity contribution in [1.29, 1.82) is 5.26 Å². The van der Waals surface area contributed by atoms with Gasteiger partial charge in [0.15, 0.2) is 0 Å². The number of hydrogen-bond acceptors (Lipinski definition) is 5. The molecule has 2 heterocycles. The molecule has 0 fully saturated rings. The van der Waals surface area contributed by atoms with E-state index in [0.717, 1.165) is 23.2 Å². The lowest BCUT2D eigenvalue weighted by atomic mass is 9.95. The molecule has 29 heavy (non-hydrogen) atoms. The van der Waals surface area contributed by atoms with Crippen LogP contribution in [0.1, 0.15) is 51.1 Å². The van der Waals surface area contributed by atoms with E-state index in [-0.39, 0.29) is 17.9 Å². The molecule has 0 saturated heterocycles. The summed E-state index contributed by atoms with van der Waals surface area (Å²) in [6, 6.07) is 7.26. The van der Waals surface area contributed by atoms with E-state index in [1.165, 1.54) is 7.11 Å². The summed E-state index contributed by atoms with van der Waals surface area (Å²) in [5.41, 5.74) is 3.87. The largest absolute Gasteiger partial charge is 0.465 e. The van der Waals surface area contributed by atoms with Crippen LogP contribution in [0.2, 0.25) is 0 Å². The van der Waals surface area contributed by atoms with Crippen molar-refractivity contribution in [2.45, 2.75) is 39.5 Å². The van der Waals surface area contributed by atoms with Crippen molar-refractivity contribution in [2.75, 3.05) is 18.6 Å². The van der Waals surface area contributed by atoms with Gasteiger partial charge in [-0.2, -0.15) is 5.26 Å². The van der Waals surface area contributed by atoms with Crippen LogP contribution in [-0.2, 0) is 22.4 Å². The number of nitrogens with one attached hydrogen (secondary N) is 1. The molecule has 1 amide bonds. The summed E-state index contributed by atoms with van der Waals surface area (Å²) < 4.78 is 4.86. The smallest absolute Gasteiger partial charge is 0.338 e. The highest BCUT2D eigenvalue weighted by atomic mass is 16.5. The van der Waals surface area contributed by atoms with Gasteiger partial charge in [0.05, 0.1) is 12.7 Å². The zero-order chi connectivity index (χ0) is 21.1. The second-order valence-corrected chi connectivity index (χ2v) is 7.11. The summed E-state index contributed by atoms with van der Waals surface area (Å²) >= 11 is 0. The monoisotopic (exact) mass is 393 g/mol. The highest BCUT2D eigenvalue weighted by Crippen LogP contribution is 2.31. The number of rotatable bonds is 4. The van der Waals surface area contributed by atoms with Gasteiger partial charge in [-0.25, -0.2) is 4.79 Å². The lowest BCUT2D eigenvalue weighted by Crippen LogP contribution is -2.36. The fourth-order valence-electron chi connectivity index (χ4n) is 3.97. The number of hydrogen-bond donors (Lipinski definition) is 1. The summed E-state index contributed by atoms with van der Waals surface area (Å²) in [6.45, 7) is 4.09. The predicted molar refractivity (Wildman–Crippen MR) is 108 cm³/mol. The first-order chi connectivity index (χ1) is 13.9. The second kappa shape index (κ2) is 8.31. The minimum atomic E-state index is -0.405. The van der Waals surface area contributed by atoms with E-state index in [0.29, 0.717) is 36.2 Å². The minimum Gasteiger partial charge on any atom is -0.465 e. The maximum Gasteiger partial charge on any atom is 0.338 e. The van der Waals surface area contributed by atoms with E-state index in [2.05, 4.69) is 4.98 Å². The maximum atomic E-state index is 13.0. The normalized spacial score (nSPS) is 12.8. The molecule has 1 aromatic carbocycles. The molecule has 2 aromatic rings.